The first-order valence-electron chi connectivity index (χ1n) is 4.95. The van der Waals surface area contributed by atoms with E-state index in [4.69, 9.17) is 4.74 Å². The van der Waals surface area contributed by atoms with E-state index in [2.05, 4.69) is 0 Å². The molecule has 0 aliphatic carbocycles. The number of ether oxygens (including phenoxy) is 1. The largest absolute Gasteiger partial charge is 0.380 e. The Hall–Kier alpha value is -1.12. The molecule has 0 heterocycles. The second-order valence-electron chi connectivity index (χ2n) is 3.60. The summed E-state index contributed by atoms with van der Waals surface area (Å²) < 4.78 is 69.2. The molecule has 0 aliphatic rings. The third-order valence-electron chi connectivity index (χ3n) is 2.19. The lowest BCUT2D eigenvalue weighted by Crippen LogP contribution is -2.32. The average molecular weight is 283 g/mol. The van der Waals surface area contributed by atoms with E-state index in [-0.39, 0.29) is 6.54 Å². The van der Waals surface area contributed by atoms with Gasteiger partial charge in [0.25, 0.3) is 0 Å². The van der Waals surface area contributed by atoms with Crippen LogP contribution in [0.3, 0.4) is 0 Å². The van der Waals surface area contributed by atoms with Gasteiger partial charge in [0.1, 0.15) is 17.5 Å². The zero-order valence-electron chi connectivity index (χ0n) is 9.71. The molecular weight excluding hydrogens is 271 g/mol. The standard InChI is InChI=1S/C10H12F3NO3S/c1-6(17-2)5-14-18(15,16)10-8(12)3-7(11)4-9(10)13/h3-4,6,14H,5H2,1-2H3. The van der Waals surface area contributed by atoms with Gasteiger partial charge in [0.2, 0.25) is 10.0 Å². The predicted octanol–water partition coefficient (Wildman–Crippen LogP) is 1.42. The highest BCUT2D eigenvalue weighted by Gasteiger charge is 2.25. The van der Waals surface area contributed by atoms with Crippen molar-refractivity contribution in [3.05, 3.63) is 29.6 Å². The molecule has 0 saturated heterocycles. The van der Waals surface area contributed by atoms with Gasteiger partial charge in [-0.3, -0.25) is 0 Å². The fraction of sp³-hybridized carbons (Fsp3) is 0.400. The van der Waals surface area contributed by atoms with Crippen molar-refractivity contribution in [1.29, 1.82) is 0 Å². The Balaban J connectivity index is 3.06. The molecule has 1 N–H and O–H groups in total. The van der Waals surface area contributed by atoms with Gasteiger partial charge in [-0.05, 0) is 6.92 Å². The number of sulfonamides is 1. The van der Waals surface area contributed by atoms with Crippen molar-refractivity contribution in [3.63, 3.8) is 0 Å². The zero-order valence-corrected chi connectivity index (χ0v) is 10.5. The van der Waals surface area contributed by atoms with E-state index in [1.807, 2.05) is 4.72 Å². The number of rotatable bonds is 5. The van der Waals surface area contributed by atoms with Crippen LogP contribution >= 0.6 is 0 Å². The van der Waals surface area contributed by atoms with E-state index in [9.17, 15) is 21.6 Å². The molecule has 0 fully saturated rings. The molecule has 1 aromatic rings. The van der Waals surface area contributed by atoms with Gasteiger partial charge in [0, 0.05) is 25.8 Å². The Morgan fingerprint density at radius 3 is 2.22 bits per heavy atom. The van der Waals surface area contributed by atoms with Crippen LogP contribution in [0.4, 0.5) is 13.2 Å². The topological polar surface area (TPSA) is 55.4 Å². The number of halogens is 3. The van der Waals surface area contributed by atoms with E-state index in [0.29, 0.717) is 12.1 Å². The van der Waals surface area contributed by atoms with Crippen molar-refractivity contribution >= 4 is 10.0 Å². The quantitative estimate of drug-likeness (QED) is 0.889. The highest BCUT2D eigenvalue weighted by molar-refractivity contribution is 7.89. The first-order chi connectivity index (χ1) is 8.27. The predicted molar refractivity (Wildman–Crippen MR) is 58.0 cm³/mol. The lowest BCUT2D eigenvalue weighted by atomic mass is 10.3. The summed E-state index contributed by atoms with van der Waals surface area (Å²) in [6.45, 7) is 1.41. The first kappa shape index (κ1) is 14.9. The summed E-state index contributed by atoms with van der Waals surface area (Å²) >= 11 is 0. The van der Waals surface area contributed by atoms with Gasteiger partial charge >= 0.3 is 0 Å². The van der Waals surface area contributed by atoms with Gasteiger partial charge in [-0.1, -0.05) is 0 Å². The highest BCUT2D eigenvalue weighted by Crippen LogP contribution is 2.19. The number of nitrogens with one attached hydrogen (secondary N) is 1. The Morgan fingerprint density at radius 1 is 1.28 bits per heavy atom. The van der Waals surface area contributed by atoms with Crippen LogP contribution in [0.15, 0.2) is 17.0 Å². The molecule has 1 rings (SSSR count). The zero-order chi connectivity index (χ0) is 13.9. The fourth-order valence-electron chi connectivity index (χ4n) is 1.17. The molecular formula is C10H12F3NO3S. The third kappa shape index (κ3) is 3.44. The number of hydrogen-bond acceptors (Lipinski definition) is 3. The Bertz CT molecular complexity index is 510. The van der Waals surface area contributed by atoms with E-state index in [1.165, 1.54) is 7.11 Å². The van der Waals surface area contributed by atoms with Crippen molar-refractivity contribution in [3.8, 4) is 0 Å². The van der Waals surface area contributed by atoms with Gasteiger partial charge in [0.15, 0.2) is 4.90 Å². The van der Waals surface area contributed by atoms with E-state index < -0.39 is 38.5 Å². The second-order valence-corrected chi connectivity index (χ2v) is 5.30. The smallest absolute Gasteiger partial charge is 0.246 e. The summed E-state index contributed by atoms with van der Waals surface area (Å²) in [5.41, 5.74) is 0. The number of methoxy groups -OCH3 is 1. The molecule has 18 heavy (non-hydrogen) atoms. The van der Waals surface area contributed by atoms with Crippen LogP contribution in [-0.4, -0.2) is 28.2 Å². The number of hydrogen-bond donors (Lipinski definition) is 1. The molecule has 4 nitrogen and oxygen atoms in total. The maximum Gasteiger partial charge on any atom is 0.246 e. The summed E-state index contributed by atoms with van der Waals surface area (Å²) in [6, 6.07) is 0.606. The van der Waals surface area contributed by atoms with Crippen molar-refractivity contribution < 1.29 is 26.3 Å². The van der Waals surface area contributed by atoms with Crippen LogP contribution in [-0.2, 0) is 14.8 Å². The Labute approximate surface area is 103 Å². The summed E-state index contributed by atoms with van der Waals surface area (Å²) in [5.74, 6) is -4.15. The van der Waals surface area contributed by atoms with Gasteiger partial charge in [-0.15, -0.1) is 0 Å². The molecule has 0 radical (unpaired) electrons. The van der Waals surface area contributed by atoms with Crippen LogP contribution < -0.4 is 4.72 Å². The Morgan fingerprint density at radius 2 is 1.78 bits per heavy atom. The Kier molecular flexibility index (Phi) is 4.71. The maximum absolute atomic E-state index is 13.3. The van der Waals surface area contributed by atoms with Crippen LogP contribution in [0.1, 0.15) is 6.92 Å². The summed E-state index contributed by atoms with van der Waals surface area (Å²) in [5, 5.41) is 0. The minimum absolute atomic E-state index is 0.158. The van der Waals surface area contributed by atoms with Crippen LogP contribution in [0, 0.1) is 17.5 Å². The summed E-state index contributed by atoms with van der Waals surface area (Å²) in [7, 11) is -3.03. The SMILES string of the molecule is COC(C)CNS(=O)(=O)c1c(F)cc(F)cc1F. The lowest BCUT2D eigenvalue weighted by Gasteiger charge is -2.12. The van der Waals surface area contributed by atoms with Crippen molar-refractivity contribution in [2.45, 2.75) is 17.9 Å². The van der Waals surface area contributed by atoms with Gasteiger partial charge in [-0.25, -0.2) is 26.3 Å². The van der Waals surface area contributed by atoms with Crippen LogP contribution in [0.5, 0.6) is 0 Å². The van der Waals surface area contributed by atoms with Crippen molar-refractivity contribution in [2.24, 2.45) is 0 Å². The van der Waals surface area contributed by atoms with Gasteiger partial charge in [0.05, 0.1) is 6.10 Å². The maximum atomic E-state index is 13.3. The molecule has 102 valence electrons. The highest BCUT2D eigenvalue weighted by atomic mass is 32.2. The molecule has 8 heteroatoms. The normalized spacial score (nSPS) is 13.6. The lowest BCUT2D eigenvalue weighted by molar-refractivity contribution is 0.122. The molecule has 1 unspecified atom stereocenters. The molecule has 0 aromatic heterocycles. The van der Waals surface area contributed by atoms with E-state index in [0.717, 1.165) is 0 Å². The van der Waals surface area contributed by atoms with Crippen LogP contribution in [0.2, 0.25) is 0 Å². The molecule has 1 aromatic carbocycles. The minimum Gasteiger partial charge on any atom is -0.380 e. The van der Waals surface area contributed by atoms with Crippen molar-refractivity contribution in [1.82, 2.24) is 4.72 Å². The second kappa shape index (κ2) is 5.68. The molecule has 0 spiro atoms. The number of benzene rings is 1. The average Bonchev–Trinajstić information content (AvgIpc) is 2.24. The molecule has 0 aliphatic heterocycles. The molecule has 0 amide bonds. The minimum atomic E-state index is -4.39. The monoisotopic (exact) mass is 283 g/mol. The molecule has 1 atom stereocenters. The third-order valence-corrected chi connectivity index (χ3v) is 3.67. The van der Waals surface area contributed by atoms with Gasteiger partial charge < -0.3 is 4.74 Å². The fourth-order valence-corrected chi connectivity index (χ4v) is 2.40. The van der Waals surface area contributed by atoms with Gasteiger partial charge in [-0.2, -0.15) is 0 Å². The summed E-state index contributed by atoms with van der Waals surface area (Å²) in [4.78, 5) is -1.20. The molecule has 0 saturated carbocycles. The first-order valence-corrected chi connectivity index (χ1v) is 6.43. The van der Waals surface area contributed by atoms with Crippen LogP contribution in [0.25, 0.3) is 0 Å². The van der Waals surface area contributed by atoms with E-state index >= 15 is 0 Å². The summed E-state index contributed by atoms with van der Waals surface area (Å²) in [6.07, 6.45) is -0.466. The van der Waals surface area contributed by atoms with Crippen molar-refractivity contribution in [2.75, 3.05) is 13.7 Å². The molecule has 0 bridgehead atoms. The van der Waals surface area contributed by atoms with E-state index in [1.54, 1.807) is 6.92 Å².